The number of rotatable bonds is 5. The average Bonchev–Trinajstić information content (AvgIpc) is 2.81. The van der Waals surface area contributed by atoms with Crippen LogP contribution in [0.5, 0.6) is 0 Å². The van der Waals surface area contributed by atoms with Crippen LogP contribution in [-0.4, -0.2) is 19.5 Å². The molecular weight excluding hydrogens is 294 g/mol. The van der Waals surface area contributed by atoms with Crippen molar-refractivity contribution in [1.29, 1.82) is 0 Å². The van der Waals surface area contributed by atoms with Crippen LogP contribution in [0.2, 0.25) is 0 Å². The number of anilines is 1. The maximum atomic E-state index is 12.3. The van der Waals surface area contributed by atoms with Crippen molar-refractivity contribution in [2.75, 3.05) is 4.72 Å². The van der Waals surface area contributed by atoms with Gasteiger partial charge in [0.2, 0.25) is 5.76 Å². The zero-order valence-electron chi connectivity index (χ0n) is 11.6. The van der Waals surface area contributed by atoms with E-state index in [-0.39, 0.29) is 10.7 Å². The molecule has 1 aromatic carbocycles. The quantitative estimate of drug-likeness (QED) is 0.885. The molecule has 0 aliphatic rings. The fourth-order valence-corrected chi connectivity index (χ4v) is 3.13. The highest BCUT2D eigenvalue weighted by Crippen LogP contribution is 2.23. The van der Waals surface area contributed by atoms with Crippen molar-refractivity contribution in [2.24, 2.45) is 0 Å². The van der Waals surface area contributed by atoms with Crippen molar-refractivity contribution >= 4 is 21.7 Å². The Morgan fingerprint density at radius 1 is 1.33 bits per heavy atom. The highest BCUT2D eigenvalue weighted by Gasteiger charge is 2.23. The number of carboxylic acid groups (broad SMARTS) is 1. The number of sulfonamides is 1. The lowest BCUT2D eigenvalue weighted by Crippen LogP contribution is -2.13. The van der Waals surface area contributed by atoms with Gasteiger partial charge in [0.25, 0.3) is 10.0 Å². The Morgan fingerprint density at radius 2 is 2.05 bits per heavy atom. The van der Waals surface area contributed by atoms with Gasteiger partial charge in [-0.3, -0.25) is 4.72 Å². The largest absolute Gasteiger partial charge is 0.475 e. The molecule has 0 spiro atoms. The smallest absolute Gasteiger partial charge is 0.371 e. The number of carboxylic acids is 1. The molecule has 0 amide bonds. The summed E-state index contributed by atoms with van der Waals surface area (Å²) in [6.07, 6.45) is 0.781. The van der Waals surface area contributed by atoms with Gasteiger partial charge in [-0.15, -0.1) is 0 Å². The summed E-state index contributed by atoms with van der Waals surface area (Å²) in [6.45, 7) is 3.37. The second kappa shape index (κ2) is 5.61. The van der Waals surface area contributed by atoms with E-state index in [0.717, 1.165) is 18.1 Å². The van der Waals surface area contributed by atoms with Gasteiger partial charge in [-0.05, 0) is 31.0 Å². The van der Waals surface area contributed by atoms with Crippen LogP contribution < -0.4 is 4.72 Å². The fourth-order valence-electron chi connectivity index (χ4n) is 1.90. The van der Waals surface area contributed by atoms with Crippen LogP contribution in [0.3, 0.4) is 0 Å². The van der Waals surface area contributed by atoms with Crippen LogP contribution in [0.4, 0.5) is 5.69 Å². The molecule has 2 N–H and O–H groups in total. The normalized spacial score (nSPS) is 11.3. The molecule has 0 saturated carbocycles. The molecule has 2 aromatic rings. The van der Waals surface area contributed by atoms with Crippen molar-refractivity contribution in [3.05, 3.63) is 47.4 Å². The molecule has 6 nitrogen and oxygen atoms in total. The van der Waals surface area contributed by atoms with E-state index in [1.807, 2.05) is 13.0 Å². The minimum absolute atomic E-state index is 0.0338. The Balaban J connectivity index is 2.36. The Hall–Kier alpha value is -2.28. The first-order valence-electron chi connectivity index (χ1n) is 6.29. The van der Waals surface area contributed by atoms with Gasteiger partial charge >= 0.3 is 5.97 Å². The molecular formula is C14H15NO5S. The molecule has 0 aliphatic carbocycles. The molecule has 0 fully saturated rings. The predicted molar refractivity (Wildman–Crippen MR) is 77.0 cm³/mol. The van der Waals surface area contributed by atoms with Crippen molar-refractivity contribution < 1.29 is 22.7 Å². The number of hydrogen-bond acceptors (Lipinski definition) is 4. The van der Waals surface area contributed by atoms with Gasteiger partial charge in [0.1, 0.15) is 10.7 Å². The van der Waals surface area contributed by atoms with Crippen LogP contribution in [0.1, 0.15) is 28.8 Å². The molecule has 0 atom stereocenters. The van der Waals surface area contributed by atoms with Gasteiger partial charge in [-0.1, -0.05) is 19.1 Å². The second-order valence-corrected chi connectivity index (χ2v) is 6.15. The number of hydrogen-bond donors (Lipinski definition) is 2. The minimum Gasteiger partial charge on any atom is -0.475 e. The van der Waals surface area contributed by atoms with Crippen LogP contribution in [0.15, 0.2) is 39.6 Å². The monoisotopic (exact) mass is 309 g/mol. The van der Waals surface area contributed by atoms with Crippen LogP contribution in [0, 0.1) is 6.92 Å². The molecule has 21 heavy (non-hydrogen) atoms. The van der Waals surface area contributed by atoms with E-state index < -0.39 is 21.8 Å². The van der Waals surface area contributed by atoms with Gasteiger partial charge in [0.05, 0.1) is 0 Å². The van der Waals surface area contributed by atoms with Crippen molar-refractivity contribution in [3.8, 4) is 0 Å². The number of carbonyl (C=O) groups is 1. The van der Waals surface area contributed by atoms with Crippen molar-refractivity contribution in [2.45, 2.75) is 25.2 Å². The molecule has 1 aromatic heterocycles. The molecule has 0 aliphatic heterocycles. The summed E-state index contributed by atoms with van der Waals surface area (Å²) in [5.74, 6) is -1.69. The third-order valence-electron chi connectivity index (χ3n) is 2.96. The maximum absolute atomic E-state index is 12.3. The first-order chi connectivity index (χ1) is 9.83. The average molecular weight is 309 g/mol. The fraction of sp³-hybridized carbons (Fsp3) is 0.214. The maximum Gasteiger partial charge on any atom is 0.371 e. The molecule has 0 unspecified atom stereocenters. The molecule has 0 bridgehead atoms. The van der Waals surface area contributed by atoms with Gasteiger partial charge in [-0.2, -0.15) is 0 Å². The van der Waals surface area contributed by atoms with E-state index in [4.69, 9.17) is 9.52 Å². The van der Waals surface area contributed by atoms with E-state index in [2.05, 4.69) is 4.72 Å². The standard InChI is InChI=1S/C14H15NO5S/c1-3-10-5-4-6-11(7-10)15-21(18,19)13-8-12(14(16)17)20-9(13)2/h4-8,15H,3H2,1-2H3,(H,16,17). The SMILES string of the molecule is CCc1cccc(NS(=O)(=O)c2cc(C(=O)O)oc2C)c1. The number of furan rings is 1. The molecule has 0 saturated heterocycles. The van der Waals surface area contributed by atoms with E-state index in [1.54, 1.807) is 18.2 Å². The predicted octanol–water partition coefficient (Wildman–Crippen LogP) is 2.65. The first-order valence-corrected chi connectivity index (χ1v) is 7.77. The van der Waals surface area contributed by atoms with E-state index in [9.17, 15) is 13.2 Å². The van der Waals surface area contributed by atoms with Crippen molar-refractivity contribution in [3.63, 3.8) is 0 Å². The van der Waals surface area contributed by atoms with E-state index in [0.29, 0.717) is 5.69 Å². The van der Waals surface area contributed by atoms with E-state index in [1.165, 1.54) is 6.92 Å². The topological polar surface area (TPSA) is 96.6 Å². The summed E-state index contributed by atoms with van der Waals surface area (Å²) in [6, 6.07) is 8.00. The van der Waals surface area contributed by atoms with Crippen LogP contribution in [0.25, 0.3) is 0 Å². The molecule has 7 heteroatoms. The Morgan fingerprint density at radius 3 is 2.62 bits per heavy atom. The van der Waals surface area contributed by atoms with Gasteiger partial charge in [0.15, 0.2) is 0 Å². The summed E-state index contributed by atoms with van der Waals surface area (Å²) in [7, 11) is -3.89. The van der Waals surface area contributed by atoms with E-state index >= 15 is 0 Å². The highest BCUT2D eigenvalue weighted by molar-refractivity contribution is 7.92. The number of nitrogens with one attached hydrogen (secondary N) is 1. The lowest BCUT2D eigenvalue weighted by atomic mass is 10.1. The molecule has 112 valence electrons. The lowest BCUT2D eigenvalue weighted by Gasteiger charge is -2.08. The second-order valence-electron chi connectivity index (χ2n) is 4.50. The number of benzene rings is 1. The summed E-state index contributed by atoms with van der Waals surface area (Å²) < 4.78 is 31.9. The Kier molecular flexibility index (Phi) is 4.04. The number of aromatic carboxylic acids is 1. The minimum atomic E-state index is -3.89. The zero-order valence-corrected chi connectivity index (χ0v) is 12.4. The lowest BCUT2D eigenvalue weighted by molar-refractivity contribution is 0.0661. The van der Waals surface area contributed by atoms with Gasteiger partial charge in [-0.25, -0.2) is 13.2 Å². The van der Waals surface area contributed by atoms with Gasteiger partial charge < -0.3 is 9.52 Å². The summed E-state index contributed by atoms with van der Waals surface area (Å²) in [5.41, 5.74) is 1.41. The third kappa shape index (κ3) is 3.25. The van der Waals surface area contributed by atoms with Crippen LogP contribution >= 0.6 is 0 Å². The summed E-state index contributed by atoms with van der Waals surface area (Å²) >= 11 is 0. The number of aryl methyl sites for hydroxylation is 2. The summed E-state index contributed by atoms with van der Waals surface area (Å²) in [5, 5.41) is 8.84. The Bertz CT molecular complexity index is 776. The third-order valence-corrected chi connectivity index (χ3v) is 4.45. The summed E-state index contributed by atoms with van der Waals surface area (Å²) in [4.78, 5) is 10.6. The van der Waals surface area contributed by atoms with Crippen LogP contribution in [-0.2, 0) is 16.4 Å². The first kappa shape index (κ1) is 15.1. The molecule has 2 rings (SSSR count). The zero-order chi connectivity index (χ0) is 15.6. The Labute approximate surface area is 122 Å². The van der Waals surface area contributed by atoms with Gasteiger partial charge in [0, 0.05) is 11.8 Å². The molecule has 1 heterocycles. The highest BCUT2D eigenvalue weighted by atomic mass is 32.2. The molecule has 0 radical (unpaired) electrons. The van der Waals surface area contributed by atoms with Crippen molar-refractivity contribution in [1.82, 2.24) is 0 Å².